The van der Waals surface area contributed by atoms with E-state index in [-0.39, 0.29) is 5.56 Å². The zero-order chi connectivity index (χ0) is 18.8. The number of aromatic nitrogens is 3. The van der Waals surface area contributed by atoms with Gasteiger partial charge in [0.15, 0.2) is 11.5 Å². The third kappa shape index (κ3) is 3.87. The number of hydrogen-bond acceptors (Lipinski definition) is 5. The highest BCUT2D eigenvalue weighted by Crippen LogP contribution is 2.25. The first-order valence-electron chi connectivity index (χ1n) is 8.80. The van der Waals surface area contributed by atoms with Gasteiger partial charge in [-0.2, -0.15) is 5.10 Å². The summed E-state index contributed by atoms with van der Waals surface area (Å²) in [4.78, 5) is 18.5. The first-order chi connectivity index (χ1) is 13.1. The number of carboxylic acid groups (broad SMARTS) is 1. The monoisotopic (exact) mass is 430 g/mol. The number of carbonyl (C=O) groups is 1. The molecule has 0 aliphatic carbocycles. The van der Waals surface area contributed by atoms with Crippen molar-refractivity contribution in [1.82, 2.24) is 19.5 Å². The second kappa shape index (κ2) is 7.75. The van der Waals surface area contributed by atoms with E-state index < -0.39 is 5.97 Å². The minimum Gasteiger partial charge on any atom is -0.478 e. The molecule has 8 heteroatoms. The predicted molar refractivity (Wildman–Crippen MR) is 104 cm³/mol. The van der Waals surface area contributed by atoms with Crippen LogP contribution in [0, 0.1) is 0 Å². The summed E-state index contributed by atoms with van der Waals surface area (Å²) in [5.74, 6) is -0.362. The van der Waals surface area contributed by atoms with Crippen molar-refractivity contribution in [3.63, 3.8) is 0 Å². The predicted octanol–water partition coefficient (Wildman–Crippen LogP) is 2.73. The molecule has 4 rings (SSSR count). The van der Waals surface area contributed by atoms with E-state index in [2.05, 4.69) is 30.9 Å². The zero-order valence-electron chi connectivity index (χ0n) is 14.6. The fourth-order valence-corrected chi connectivity index (χ4v) is 3.63. The van der Waals surface area contributed by atoms with Crippen molar-refractivity contribution in [2.75, 3.05) is 32.8 Å². The summed E-state index contributed by atoms with van der Waals surface area (Å²) >= 11 is 3.48. The van der Waals surface area contributed by atoms with Crippen molar-refractivity contribution in [3.8, 4) is 11.3 Å². The SMILES string of the molecule is O=C(O)c1ccc(-c2cccc(Br)c2)n2nc(CCN3CCOCC3)nc12. The third-order valence-electron chi connectivity index (χ3n) is 4.63. The van der Waals surface area contributed by atoms with Gasteiger partial charge in [0.05, 0.1) is 18.9 Å². The smallest absolute Gasteiger partial charge is 0.339 e. The van der Waals surface area contributed by atoms with Crippen LogP contribution in [0.4, 0.5) is 0 Å². The van der Waals surface area contributed by atoms with Gasteiger partial charge in [0.25, 0.3) is 0 Å². The van der Waals surface area contributed by atoms with Gasteiger partial charge in [0, 0.05) is 36.1 Å². The van der Waals surface area contributed by atoms with Crippen molar-refractivity contribution in [2.24, 2.45) is 0 Å². The number of nitrogens with zero attached hydrogens (tertiary/aromatic N) is 4. The van der Waals surface area contributed by atoms with Crippen molar-refractivity contribution >= 4 is 27.5 Å². The van der Waals surface area contributed by atoms with Gasteiger partial charge in [-0.25, -0.2) is 14.3 Å². The van der Waals surface area contributed by atoms with E-state index in [9.17, 15) is 9.90 Å². The first kappa shape index (κ1) is 18.1. The van der Waals surface area contributed by atoms with Gasteiger partial charge in [-0.1, -0.05) is 28.1 Å². The lowest BCUT2D eigenvalue weighted by Crippen LogP contribution is -2.37. The number of halogens is 1. The fourth-order valence-electron chi connectivity index (χ4n) is 3.23. The van der Waals surface area contributed by atoms with Crippen LogP contribution in [0.25, 0.3) is 16.9 Å². The average Bonchev–Trinajstić information content (AvgIpc) is 3.10. The summed E-state index contributed by atoms with van der Waals surface area (Å²) < 4.78 is 7.96. The van der Waals surface area contributed by atoms with E-state index in [1.807, 2.05) is 24.3 Å². The van der Waals surface area contributed by atoms with Crippen LogP contribution >= 0.6 is 15.9 Å². The maximum absolute atomic E-state index is 11.6. The van der Waals surface area contributed by atoms with Crippen LogP contribution in [0.3, 0.4) is 0 Å². The second-order valence-corrected chi connectivity index (χ2v) is 7.33. The molecule has 0 bridgehead atoms. The minimum absolute atomic E-state index is 0.152. The minimum atomic E-state index is -1.01. The Morgan fingerprint density at radius 2 is 2.04 bits per heavy atom. The van der Waals surface area contributed by atoms with Crippen molar-refractivity contribution in [2.45, 2.75) is 6.42 Å². The Hall–Kier alpha value is -2.29. The number of morpholine rings is 1. The van der Waals surface area contributed by atoms with Gasteiger partial charge in [-0.05, 0) is 24.3 Å². The molecule has 0 amide bonds. The number of pyridine rings is 1. The Kier molecular flexibility index (Phi) is 5.20. The maximum atomic E-state index is 11.6. The summed E-state index contributed by atoms with van der Waals surface area (Å²) in [6.07, 6.45) is 0.665. The fraction of sp³-hybridized carbons (Fsp3) is 0.316. The molecule has 0 unspecified atom stereocenters. The number of fused-ring (bicyclic) bond motifs is 1. The van der Waals surface area contributed by atoms with Crippen LogP contribution in [0.15, 0.2) is 40.9 Å². The molecule has 3 aromatic rings. The molecule has 27 heavy (non-hydrogen) atoms. The molecule has 2 aromatic heterocycles. The summed E-state index contributed by atoms with van der Waals surface area (Å²) in [5, 5.41) is 14.1. The topological polar surface area (TPSA) is 80.0 Å². The average molecular weight is 431 g/mol. The standard InChI is InChI=1S/C19H19BrN4O3/c20-14-3-1-2-13(12-14)16-5-4-15(19(25)26)18-21-17(22-24(16)18)6-7-23-8-10-27-11-9-23/h1-5,12H,6-11H2,(H,25,26). The van der Waals surface area contributed by atoms with E-state index in [0.717, 1.165) is 48.6 Å². The van der Waals surface area contributed by atoms with Crippen molar-refractivity contribution in [3.05, 3.63) is 52.3 Å². The van der Waals surface area contributed by atoms with Gasteiger partial charge in [-0.15, -0.1) is 0 Å². The largest absolute Gasteiger partial charge is 0.478 e. The van der Waals surface area contributed by atoms with Gasteiger partial charge in [0.1, 0.15) is 5.56 Å². The molecule has 3 heterocycles. The van der Waals surface area contributed by atoms with Crippen LogP contribution in [0.1, 0.15) is 16.2 Å². The molecule has 140 valence electrons. The number of rotatable bonds is 5. The number of carboxylic acids is 1. The Bertz CT molecular complexity index is 982. The van der Waals surface area contributed by atoms with Crippen LogP contribution in [-0.2, 0) is 11.2 Å². The molecular formula is C19H19BrN4O3. The van der Waals surface area contributed by atoms with E-state index in [4.69, 9.17) is 4.74 Å². The molecule has 0 spiro atoms. The Balaban J connectivity index is 1.71. The summed E-state index contributed by atoms with van der Waals surface area (Å²) in [7, 11) is 0. The lowest BCUT2D eigenvalue weighted by molar-refractivity contribution is 0.0382. The molecular weight excluding hydrogens is 412 g/mol. The number of ether oxygens (including phenoxy) is 1. The van der Waals surface area contributed by atoms with Crippen LogP contribution < -0.4 is 0 Å². The Morgan fingerprint density at radius 1 is 1.22 bits per heavy atom. The zero-order valence-corrected chi connectivity index (χ0v) is 16.2. The van der Waals surface area contributed by atoms with Crippen LogP contribution in [0.5, 0.6) is 0 Å². The van der Waals surface area contributed by atoms with Gasteiger partial charge < -0.3 is 9.84 Å². The summed E-state index contributed by atoms with van der Waals surface area (Å²) in [6.45, 7) is 4.12. The van der Waals surface area contributed by atoms with E-state index in [1.165, 1.54) is 0 Å². The Labute approximate surface area is 164 Å². The molecule has 1 N–H and O–H groups in total. The first-order valence-corrected chi connectivity index (χ1v) is 9.59. The maximum Gasteiger partial charge on any atom is 0.339 e. The third-order valence-corrected chi connectivity index (χ3v) is 5.13. The highest BCUT2D eigenvalue weighted by atomic mass is 79.9. The number of aromatic carboxylic acids is 1. The molecule has 1 fully saturated rings. The molecule has 0 saturated carbocycles. The second-order valence-electron chi connectivity index (χ2n) is 6.42. The van der Waals surface area contributed by atoms with E-state index in [1.54, 1.807) is 16.6 Å². The highest BCUT2D eigenvalue weighted by Gasteiger charge is 2.18. The number of benzene rings is 1. The summed E-state index contributed by atoms with van der Waals surface area (Å²) in [5.41, 5.74) is 2.27. The molecule has 0 atom stereocenters. The van der Waals surface area contributed by atoms with Crippen LogP contribution in [-0.4, -0.2) is 63.4 Å². The van der Waals surface area contributed by atoms with Crippen molar-refractivity contribution < 1.29 is 14.6 Å². The van der Waals surface area contributed by atoms with Gasteiger partial charge in [0.2, 0.25) is 0 Å². The van der Waals surface area contributed by atoms with Gasteiger partial charge >= 0.3 is 5.97 Å². The normalized spacial score (nSPS) is 15.3. The molecule has 1 aliphatic rings. The lowest BCUT2D eigenvalue weighted by atomic mass is 10.1. The summed E-state index contributed by atoms with van der Waals surface area (Å²) in [6, 6.07) is 11.2. The lowest BCUT2D eigenvalue weighted by Gasteiger charge is -2.25. The Morgan fingerprint density at radius 3 is 2.78 bits per heavy atom. The molecule has 7 nitrogen and oxygen atoms in total. The molecule has 0 radical (unpaired) electrons. The van der Waals surface area contributed by atoms with E-state index >= 15 is 0 Å². The molecule has 1 aromatic carbocycles. The van der Waals surface area contributed by atoms with E-state index in [0.29, 0.717) is 17.9 Å². The van der Waals surface area contributed by atoms with Crippen LogP contribution in [0.2, 0.25) is 0 Å². The molecule has 1 aliphatic heterocycles. The highest BCUT2D eigenvalue weighted by molar-refractivity contribution is 9.10. The molecule has 1 saturated heterocycles. The van der Waals surface area contributed by atoms with Crippen molar-refractivity contribution in [1.29, 1.82) is 0 Å². The quantitative estimate of drug-likeness (QED) is 0.670. The van der Waals surface area contributed by atoms with Gasteiger partial charge in [-0.3, -0.25) is 4.90 Å². The number of hydrogen-bond donors (Lipinski definition) is 1.